The molecule has 1 heterocycles. The summed E-state index contributed by atoms with van der Waals surface area (Å²) in [5.74, 6) is 0.611. The van der Waals surface area contributed by atoms with Crippen molar-refractivity contribution < 1.29 is 14.3 Å². The van der Waals surface area contributed by atoms with Crippen molar-refractivity contribution in [3.05, 3.63) is 0 Å². The van der Waals surface area contributed by atoms with Crippen LogP contribution in [0.3, 0.4) is 0 Å². The number of likely N-dealkylation sites (tertiary alicyclic amines) is 1. The third-order valence-corrected chi connectivity index (χ3v) is 4.62. The Bertz CT molecular complexity index is 384. The molecule has 1 saturated heterocycles. The molecule has 1 aliphatic heterocycles. The van der Waals surface area contributed by atoms with E-state index in [9.17, 15) is 4.79 Å². The van der Waals surface area contributed by atoms with Crippen molar-refractivity contribution in [2.45, 2.75) is 58.7 Å². The van der Waals surface area contributed by atoms with Gasteiger partial charge in [-0.2, -0.15) is 0 Å². The van der Waals surface area contributed by atoms with Gasteiger partial charge in [0, 0.05) is 45.4 Å². The fraction of sp³-hybridized carbons (Fsp3) is 0.944. The van der Waals surface area contributed by atoms with E-state index >= 15 is 0 Å². The van der Waals surface area contributed by atoms with Crippen LogP contribution in [0.2, 0.25) is 0 Å². The maximum absolute atomic E-state index is 12.3. The Labute approximate surface area is 147 Å². The van der Waals surface area contributed by atoms with Crippen molar-refractivity contribution in [1.82, 2.24) is 15.1 Å². The molecule has 3 unspecified atom stereocenters. The Morgan fingerprint density at radius 3 is 2.54 bits per heavy atom. The fourth-order valence-electron chi connectivity index (χ4n) is 3.03. The van der Waals surface area contributed by atoms with Gasteiger partial charge in [0.15, 0.2) is 0 Å². The number of nitrogens with zero attached hydrogens (tertiary/aromatic N) is 2. The van der Waals surface area contributed by atoms with Crippen LogP contribution in [0.5, 0.6) is 0 Å². The Kier molecular flexibility index (Phi) is 8.46. The molecule has 0 saturated carbocycles. The number of carbonyl (C=O) groups is 1. The number of hydrogen-bond acceptors (Lipinski definition) is 5. The number of nitrogens with one attached hydrogen (secondary N) is 1. The lowest BCUT2D eigenvalue weighted by atomic mass is 9.90. The van der Waals surface area contributed by atoms with E-state index in [-0.39, 0.29) is 6.09 Å². The van der Waals surface area contributed by atoms with E-state index in [2.05, 4.69) is 31.1 Å². The summed E-state index contributed by atoms with van der Waals surface area (Å²) in [7, 11) is 3.83. The fourth-order valence-corrected chi connectivity index (χ4v) is 3.03. The van der Waals surface area contributed by atoms with Gasteiger partial charge in [-0.25, -0.2) is 4.79 Å². The van der Waals surface area contributed by atoms with Crippen molar-refractivity contribution >= 4 is 6.09 Å². The normalized spacial score (nSPS) is 25.5. The largest absolute Gasteiger partial charge is 0.444 e. The first kappa shape index (κ1) is 21.2. The first-order valence-electron chi connectivity index (χ1n) is 9.04. The second-order valence-electron chi connectivity index (χ2n) is 8.02. The first-order chi connectivity index (χ1) is 11.1. The summed E-state index contributed by atoms with van der Waals surface area (Å²) in [5, 5.41) is 3.63. The van der Waals surface area contributed by atoms with Crippen LogP contribution in [0.15, 0.2) is 0 Å². The third-order valence-electron chi connectivity index (χ3n) is 4.62. The van der Waals surface area contributed by atoms with E-state index in [4.69, 9.17) is 9.47 Å². The van der Waals surface area contributed by atoms with Gasteiger partial charge in [0.25, 0.3) is 0 Å². The second-order valence-corrected chi connectivity index (χ2v) is 8.02. The zero-order valence-corrected chi connectivity index (χ0v) is 16.6. The van der Waals surface area contributed by atoms with Crippen LogP contribution < -0.4 is 5.32 Å². The highest BCUT2D eigenvalue weighted by Crippen LogP contribution is 2.20. The minimum absolute atomic E-state index is 0.272. The molecule has 0 aromatic rings. The number of ether oxygens (including phenoxy) is 2. The van der Waals surface area contributed by atoms with E-state index < -0.39 is 5.60 Å². The molecule has 142 valence electrons. The van der Waals surface area contributed by atoms with E-state index in [0.717, 1.165) is 19.5 Å². The zero-order valence-electron chi connectivity index (χ0n) is 16.6. The number of carbonyl (C=O) groups excluding carboxylic acids is 1. The topological polar surface area (TPSA) is 54.0 Å². The molecule has 1 amide bonds. The van der Waals surface area contributed by atoms with Crippen LogP contribution in [0.4, 0.5) is 4.79 Å². The summed E-state index contributed by atoms with van der Waals surface area (Å²) >= 11 is 0. The molecule has 1 aliphatic rings. The number of piperidine rings is 1. The Morgan fingerprint density at radius 2 is 1.96 bits per heavy atom. The summed E-state index contributed by atoms with van der Waals surface area (Å²) in [6.07, 6.45) is 0.869. The lowest BCUT2D eigenvalue weighted by molar-refractivity contribution is 0.0198. The van der Waals surface area contributed by atoms with E-state index in [0.29, 0.717) is 37.7 Å². The van der Waals surface area contributed by atoms with Gasteiger partial charge in [0.1, 0.15) is 5.60 Å². The third kappa shape index (κ3) is 7.36. The number of methoxy groups -OCH3 is 1. The molecule has 0 bridgehead atoms. The minimum Gasteiger partial charge on any atom is -0.444 e. The monoisotopic (exact) mass is 343 g/mol. The molecule has 6 nitrogen and oxygen atoms in total. The van der Waals surface area contributed by atoms with E-state index in [1.807, 2.05) is 20.8 Å². The lowest BCUT2D eigenvalue weighted by Crippen LogP contribution is -2.52. The molecular formula is C18H37N3O3. The van der Waals surface area contributed by atoms with Crippen LogP contribution in [0.1, 0.15) is 41.0 Å². The lowest BCUT2D eigenvalue weighted by Gasteiger charge is -2.40. The average molecular weight is 344 g/mol. The van der Waals surface area contributed by atoms with Crippen LogP contribution in [-0.2, 0) is 9.47 Å². The average Bonchev–Trinajstić information content (AvgIpc) is 2.45. The standard InChI is InChI=1S/C18H37N3O3/c1-14-13-20(6)15(2)12-16(14)19-8-9-21(10-11-23-7)17(22)24-18(3,4)5/h14-16,19H,8-13H2,1-7H3. The quantitative estimate of drug-likeness (QED) is 0.768. The van der Waals surface area contributed by atoms with Crippen molar-refractivity contribution in [2.75, 3.05) is 46.9 Å². The van der Waals surface area contributed by atoms with Gasteiger partial charge in [0.05, 0.1) is 6.61 Å². The van der Waals surface area contributed by atoms with Crippen molar-refractivity contribution in [1.29, 1.82) is 0 Å². The van der Waals surface area contributed by atoms with Crippen LogP contribution in [-0.4, -0.2) is 80.5 Å². The molecule has 0 aromatic carbocycles. The molecule has 0 spiro atoms. The Balaban J connectivity index is 2.48. The number of amides is 1. The van der Waals surface area contributed by atoms with Gasteiger partial charge in [-0.05, 0) is 47.1 Å². The first-order valence-corrected chi connectivity index (χ1v) is 9.04. The smallest absolute Gasteiger partial charge is 0.410 e. The summed E-state index contributed by atoms with van der Waals surface area (Å²) in [5.41, 5.74) is -0.478. The Hall–Kier alpha value is -0.850. The predicted octanol–water partition coefficient (Wildman–Crippen LogP) is 2.19. The summed E-state index contributed by atoms with van der Waals surface area (Å²) in [6.45, 7) is 13.8. The predicted molar refractivity (Wildman–Crippen MR) is 97.3 cm³/mol. The van der Waals surface area contributed by atoms with Crippen LogP contribution in [0, 0.1) is 5.92 Å². The molecule has 1 rings (SSSR count). The van der Waals surface area contributed by atoms with Crippen LogP contribution in [0.25, 0.3) is 0 Å². The molecule has 24 heavy (non-hydrogen) atoms. The van der Waals surface area contributed by atoms with Gasteiger partial charge in [0.2, 0.25) is 0 Å². The van der Waals surface area contributed by atoms with Gasteiger partial charge in [-0.1, -0.05) is 6.92 Å². The van der Waals surface area contributed by atoms with Gasteiger partial charge in [-0.3, -0.25) is 0 Å². The highest BCUT2D eigenvalue weighted by molar-refractivity contribution is 5.68. The zero-order chi connectivity index (χ0) is 18.3. The number of hydrogen-bond donors (Lipinski definition) is 1. The van der Waals surface area contributed by atoms with E-state index in [1.165, 1.54) is 0 Å². The van der Waals surface area contributed by atoms with Gasteiger partial charge >= 0.3 is 6.09 Å². The Morgan fingerprint density at radius 1 is 1.29 bits per heavy atom. The van der Waals surface area contributed by atoms with Crippen molar-refractivity contribution in [3.8, 4) is 0 Å². The second kappa shape index (κ2) is 9.59. The molecule has 0 aromatic heterocycles. The highest BCUT2D eigenvalue weighted by atomic mass is 16.6. The SMILES string of the molecule is COCCN(CCNC1CC(C)N(C)CC1C)C(=O)OC(C)(C)C. The molecule has 6 heteroatoms. The van der Waals surface area contributed by atoms with Crippen molar-refractivity contribution in [2.24, 2.45) is 5.92 Å². The highest BCUT2D eigenvalue weighted by Gasteiger charge is 2.29. The maximum atomic E-state index is 12.3. The number of rotatable bonds is 7. The maximum Gasteiger partial charge on any atom is 0.410 e. The van der Waals surface area contributed by atoms with Crippen molar-refractivity contribution in [3.63, 3.8) is 0 Å². The molecule has 0 aliphatic carbocycles. The summed E-state index contributed by atoms with van der Waals surface area (Å²) in [6, 6.07) is 1.09. The molecule has 1 fully saturated rings. The van der Waals surface area contributed by atoms with Gasteiger partial charge in [-0.15, -0.1) is 0 Å². The molecule has 3 atom stereocenters. The van der Waals surface area contributed by atoms with E-state index in [1.54, 1.807) is 12.0 Å². The summed E-state index contributed by atoms with van der Waals surface area (Å²) < 4.78 is 10.6. The molecule has 1 N–H and O–H groups in total. The molecule has 0 radical (unpaired) electrons. The molecular weight excluding hydrogens is 306 g/mol. The minimum atomic E-state index is -0.478. The van der Waals surface area contributed by atoms with Gasteiger partial charge < -0.3 is 24.6 Å². The van der Waals surface area contributed by atoms with Crippen LogP contribution >= 0.6 is 0 Å². The summed E-state index contributed by atoms with van der Waals surface area (Å²) in [4.78, 5) is 16.5.